The molecule has 0 bridgehead atoms. The van der Waals surface area contributed by atoms with Crippen molar-refractivity contribution in [3.8, 4) is 0 Å². The molecule has 0 atom stereocenters. The highest BCUT2D eigenvalue weighted by Crippen LogP contribution is 2.05. The maximum atomic E-state index is 11.2. The maximum Gasteiger partial charge on any atom is 0.162 e. The summed E-state index contributed by atoms with van der Waals surface area (Å²) in [5, 5.41) is 1.60. The fourth-order valence-corrected chi connectivity index (χ4v) is 1.11. The van der Waals surface area contributed by atoms with Gasteiger partial charge < -0.3 is 0 Å². The van der Waals surface area contributed by atoms with Crippen LogP contribution in [0.15, 0.2) is 24.3 Å². The van der Waals surface area contributed by atoms with E-state index in [9.17, 15) is 4.79 Å². The molecule has 0 saturated carbocycles. The molecule has 0 aliphatic carbocycles. The van der Waals surface area contributed by atoms with Crippen molar-refractivity contribution in [2.45, 2.75) is 13.3 Å². The molecule has 1 nitrogen and oxygen atoms in total. The van der Waals surface area contributed by atoms with Crippen LogP contribution in [0, 0.1) is 0 Å². The van der Waals surface area contributed by atoms with Crippen LogP contribution in [-0.4, -0.2) is 11.2 Å². The Morgan fingerprint density at radius 3 is 2.42 bits per heavy atom. The van der Waals surface area contributed by atoms with E-state index in [0.29, 0.717) is 6.42 Å². The van der Waals surface area contributed by atoms with Gasteiger partial charge in [-0.2, -0.15) is 0 Å². The molecule has 1 aromatic carbocycles. The number of hydrogen-bond donors (Lipinski definition) is 0. The van der Waals surface area contributed by atoms with Crippen molar-refractivity contribution in [1.82, 2.24) is 0 Å². The molecule has 0 fully saturated rings. The second-order valence-electron chi connectivity index (χ2n) is 2.52. The minimum absolute atomic E-state index is 0.172. The Labute approximate surface area is 77.4 Å². The minimum atomic E-state index is 0.172. The van der Waals surface area contributed by atoms with Crippen LogP contribution in [0.25, 0.3) is 0 Å². The molecule has 0 aromatic heterocycles. The van der Waals surface area contributed by atoms with Gasteiger partial charge in [-0.1, -0.05) is 43.4 Å². The molecule has 0 heterocycles. The van der Waals surface area contributed by atoms with Gasteiger partial charge in [0.2, 0.25) is 0 Å². The normalized spacial score (nSPS) is 9.42. The molecule has 12 heavy (non-hydrogen) atoms. The van der Waals surface area contributed by atoms with Crippen LogP contribution in [-0.2, 0) is 0 Å². The van der Waals surface area contributed by atoms with E-state index in [1.54, 1.807) is 5.37 Å². The summed E-state index contributed by atoms with van der Waals surface area (Å²) in [6, 6.07) is 7.33. The SMILES string of the molecule is CCC(=O)c1ccc(C=S)cc1. The van der Waals surface area contributed by atoms with Crippen molar-refractivity contribution in [1.29, 1.82) is 0 Å². The van der Waals surface area contributed by atoms with Crippen molar-refractivity contribution < 1.29 is 4.79 Å². The molecular weight excluding hydrogens is 168 g/mol. The molecule has 1 aromatic rings. The van der Waals surface area contributed by atoms with Gasteiger partial charge in [0.1, 0.15) is 0 Å². The number of thiocarbonyl (C=S) groups is 1. The topological polar surface area (TPSA) is 17.1 Å². The lowest BCUT2D eigenvalue weighted by Gasteiger charge is -1.97. The molecule has 0 aliphatic rings. The molecule has 0 amide bonds. The molecular formula is C10H10OS. The van der Waals surface area contributed by atoms with Crippen molar-refractivity contribution in [3.05, 3.63) is 35.4 Å². The molecule has 0 spiro atoms. The van der Waals surface area contributed by atoms with E-state index < -0.39 is 0 Å². The van der Waals surface area contributed by atoms with Gasteiger partial charge in [-0.05, 0) is 5.56 Å². The molecule has 0 N–H and O–H groups in total. The first-order valence-electron chi connectivity index (χ1n) is 3.86. The molecule has 2 heteroatoms. The zero-order valence-electron chi connectivity index (χ0n) is 6.91. The average molecular weight is 178 g/mol. The van der Waals surface area contributed by atoms with Crippen LogP contribution >= 0.6 is 12.2 Å². The monoisotopic (exact) mass is 178 g/mol. The molecule has 0 radical (unpaired) electrons. The van der Waals surface area contributed by atoms with Crippen LogP contribution in [0.2, 0.25) is 0 Å². The van der Waals surface area contributed by atoms with Gasteiger partial charge in [-0.25, -0.2) is 0 Å². The standard InChI is InChI=1S/C10H10OS/c1-2-10(11)9-5-3-8(7-12)4-6-9/h3-7H,2H2,1H3. The lowest BCUT2D eigenvalue weighted by Crippen LogP contribution is -1.95. The van der Waals surface area contributed by atoms with Crippen molar-refractivity contribution in [3.63, 3.8) is 0 Å². The lowest BCUT2D eigenvalue weighted by molar-refractivity contribution is 0.0988. The average Bonchev–Trinajstić information content (AvgIpc) is 2.17. The summed E-state index contributed by atoms with van der Waals surface area (Å²) in [5.41, 5.74) is 1.73. The first-order valence-corrected chi connectivity index (χ1v) is 4.33. The predicted octanol–water partition coefficient (Wildman–Crippen LogP) is 2.63. The van der Waals surface area contributed by atoms with Gasteiger partial charge in [0, 0.05) is 17.4 Å². The number of hydrogen-bond acceptors (Lipinski definition) is 2. The van der Waals surface area contributed by atoms with Crippen molar-refractivity contribution in [2.75, 3.05) is 0 Å². The third-order valence-electron chi connectivity index (χ3n) is 1.69. The Balaban J connectivity index is 2.91. The van der Waals surface area contributed by atoms with E-state index in [0.717, 1.165) is 11.1 Å². The van der Waals surface area contributed by atoms with Gasteiger partial charge >= 0.3 is 0 Å². The van der Waals surface area contributed by atoms with E-state index in [2.05, 4.69) is 0 Å². The number of rotatable bonds is 3. The third-order valence-corrected chi connectivity index (χ3v) is 1.96. The summed E-state index contributed by atoms with van der Waals surface area (Å²) >= 11 is 4.75. The summed E-state index contributed by atoms with van der Waals surface area (Å²) < 4.78 is 0. The zero-order chi connectivity index (χ0) is 8.97. The third kappa shape index (κ3) is 1.98. The van der Waals surface area contributed by atoms with E-state index in [1.165, 1.54) is 0 Å². The van der Waals surface area contributed by atoms with E-state index >= 15 is 0 Å². The van der Waals surface area contributed by atoms with Gasteiger partial charge in [0.15, 0.2) is 5.78 Å². The summed E-state index contributed by atoms with van der Waals surface area (Å²) in [4.78, 5) is 11.2. The molecule has 0 unspecified atom stereocenters. The van der Waals surface area contributed by atoms with Gasteiger partial charge in [0.25, 0.3) is 0 Å². The van der Waals surface area contributed by atoms with E-state index in [4.69, 9.17) is 12.2 Å². The minimum Gasteiger partial charge on any atom is -0.294 e. The Hall–Kier alpha value is -1.02. The summed E-state index contributed by atoms with van der Waals surface area (Å²) in [6.07, 6.45) is 0.553. The summed E-state index contributed by atoms with van der Waals surface area (Å²) in [5.74, 6) is 0.172. The second kappa shape index (κ2) is 4.12. The fraction of sp³-hybridized carbons (Fsp3) is 0.200. The Bertz CT molecular complexity index is 287. The van der Waals surface area contributed by atoms with Crippen molar-refractivity contribution >= 4 is 23.4 Å². The first kappa shape index (κ1) is 9.07. The molecule has 1 rings (SSSR count). The van der Waals surface area contributed by atoms with E-state index in [-0.39, 0.29) is 5.78 Å². The maximum absolute atomic E-state index is 11.2. The highest BCUT2D eigenvalue weighted by molar-refractivity contribution is 7.79. The Kier molecular flexibility index (Phi) is 3.11. The summed E-state index contributed by atoms with van der Waals surface area (Å²) in [7, 11) is 0. The number of carbonyl (C=O) groups excluding carboxylic acids is 1. The van der Waals surface area contributed by atoms with E-state index in [1.807, 2.05) is 31.2 Å². The van der Waals surface area contributed by atoms with Crippen LogP contribution in [0.4, 0.5) is 0 Å². The van der Waals surface area contributed by atoms with Crippen LogP contribution in [0.5, 0.6) is 0 Å². The zero-order valence-corrected chi connectivity index (χ0v) is 7.73. The Morgan fingerprint density at radius 2 is 2.00 bits per heavy atom. The van der Waals surface area contributed by atoms with Crippen LogP contribution < -0.4 is 0 Å². The first-order chi connectivity index (χ1) is 5.77. The second-order valence-corrected chi connectivity index (χ2v) is 2.75. The lowest BCUT2D eigenvalue weighted by atomic mass is 10.1. The highest BCUT2D eigenvalue weighted by Gasteiger charge is 2.00. The highest BCUT2D eigenvalue weighted by atomic mass is 32.1. The Morgan fingerprint density at radius 1 is 1.42 bits per heavy atom. The predicted molar refractivity (Wildman–Crippen MR) is 53.8 cm³/mol. The largest absolute Gasteiger partial charge is 0.294 e. The number of benzene rings is 1. The number of Topliss-reactive ketones (excluding diaryl/α,β-unsaturated/α-hetero) is 1. The van der Waals surface area contributed by atoms with Crippen molar-refractivity contribution in [2.24, 2.45) is 0 Å². The summed E-state index contributed by atoms with van der Waals surface area (Å²) in [6.45, 7) is 1.86. The molecule has 0 aliphatic heterocycles. The smallest absolute Gasteiger partial charge is 0.162 e. The number of ketones is 1. The number of carbonyl (C=O) groups is 1. The van der Waals surface area contributed by atoms with Gasteiger partial charge in [0.05, 0.1) is 0 Å². The molecule has 0 saturated heterocycles. The quantitative estimate of drug-likeness (QED) is 0.523. The van der Waals surface area contributed by atoms with Gasteiger partial charge in [-0.3, -0.25) is 4.79 Å². The van der Waals surface area contributed by atoms with Crippen LogP contribution in [0.1, 0.15) is 29.3 Å². The fourth-order valence-electron chi connectivity index (χ4n) is 0.952. The van der Waals surface area contributed by atoms with Gasteiger partial charge in [-0.15, -0.1) is 0 Å². The van der Waals surface area contributed by atoms with Crippen LogP contribution in [0.3, 0.4) is 0 Å². The molecule has 62 valence electrons.